The summed E-state index contributed by atoms with van der Waals surface area (Å²) in [5.74, 6) is 3.08. The monoisotopic (exact) mass is 341 g/mol. The van der Waals surface area contributed by atoms with E-state index in [4.69, 9.17) is 9.47 Å². The SMILES string of the molecule is CCC(=O)N1CCC(c2nc(C)cc(Oc3ccc(OC)cc3)n2)C1. The first kappa shape index (κ1) is 17.2. The maximum absolute atomic E-state index is 11.9. The van der Waals surface area contributed by atoms with Gasteiger partial charge in [0.25, 0.3) is 0 Å². The largest absolute Gasteiger partial charge is 0.497 e. The molecule has 0 bridgehead atoms. The number of hydrogen-bond acceptors (Lipinski definition) is 5. The first-order valence-electron chi connectivity index (χ1n) is 8.54. The Morgan fingerprint density at radius 2 is 1.96 bits per heavy atom. The maximum atomic E-state index is 11.9. The van der Waals surface area contributed by atoms with E-state index in [1.807, 2.05) is 49.1 Å². The zero-order chi connectivity index (χ0) is 17.8. The topological polar surface area (TPSA) is 64.6 Å². The molecule has 0 spiro atoms. The van der Waals surface area contributed by atoms with Gasteiger partial charge >= 0.3 is 0 Å². The van der Waals surface area contributed by atoms with Crippen molar-refractivity contribution in [2.45, 2.75) is 32.6 Å². The van der Waals surface area contributed by atoms with Crippen molar-refractivity contribution in [3.63, 3.8) is 0 Å². The maximum Gasteiger partial charge on any atom is 0.222 e. The zero-order valence-corrected chi connectivity index (χ0v) is 14.9. The smallest absolute Gasteiger partial charge is 0.222 e. The van der Waals surface area contributed by atoms with E-state index in [2.05, 4.69) is 9.97 Å². The fourth-order valence-electron chi connectivity index (χ4n) is 2.98. The van der Waals surface area contributed by atoms with Crippen molar-refractivity contribution in [2.75, 3.05) is 20.2 Å². The molecule has 0 saturated carbocycles. The number of benzene rings is 1. The van der Waals surface area contributed by atoms with Gasteiger partial charge in [0.1, 0.15) is 17.3 Å². The molecule has 132 valence electrons. The minimum Gasteiger partial charge on any atom is -0.497 e. The van der Waals surface area contributed by atoms with Crippen LogP contribution in [0, 0.1) is 6.92 Å². The molecule has 0 radical (unpaired) electrons. The molecule has 6 heteroatoms. The Labute approximate surface area is 147 Å². The summed E-state index contributed by atoms with van der Waals surface area (Å²) in [6, 6.07) is 9.18. The molecule has 3 rings (SSSR count). The van der Waals surface area contributed by atoms with E-state index in [-0.39, 0.29) is 11.8 Å². The summed E-state index contributed by atoms with van der Waals surface area (Å²) in [5, 5.41) is 0. The lowest BCUT2D eigenvalue weighted by Crippen LogP contribution is -2.27. The van der Waals surface area contributed by atoms with Gasteiger partial charge in [0.05, 0.1) is 7.11 Å². The molecule has 1 atom stereocenters. The first-order valence-corrected chi connectivity index (χ1v) is 8.54. The standard InChI is InChI=1S/C19H23N3O3/c1-4-18(23)22-10-9-14(12-22)19-20-13(2)11-17(21-19)25-16-7-5-15(24-3)6-8-16/h5-8,11,14H,4,9-10,12H2,1-3H3. The van der Waals surface area contributed by atoms with Crippen LogP contribution in [0.2, 0.25) is 0 Å². The Bertz CT molecular complexity index is 746. The van der Waals surface area contributed by atoms with Gasteiger partial charge in [-0.25, -0.2) is 4.98 Å². The molecule has 1 unspecified atom stereocenters. The van der Waals surface area contributed by atoms with Crippen LogP contribution in [0.3, 0.4) is 0 Å². The molecule has 1 aliphatic heterocycles. The number of likely N-dealkylation sites (tertiary alicyclic amines) is 1. The molecule has 1 aromatic carbocycles. The molecule has 1 saturated heterocycles. The molecule has 0 N–H and O–H groups in total. The second-order valence-electron chi connectivity index (χ2n) is 6.16. The Balaban J connectivity index is 1.75. The van der Waals surface area contributed by atoms with E-state index >= 15 is 0 Å². The van der Waals surface area contributed by atoms with Crippen LogP contribution >= 0.6 is 0 Å². The molecular weight excluding hydrogens is 318 g/mol. The Morgan fingerprint density at radius 1 is 1.24 bits per heavy atom. The van der Waals surface area contributed by atoms with E-state index in [0.29, 0.717) is 24.6 Å². The van der Waals surface area contributed by atoms with Gasteiger partial charge < -0.3 is 14.4 Å². The fraction of sp³-hybridized carbons (Fsp3) is 0.421. The zero-order valence-electron chi connectivity index (χ0n) is 14.9. The van der Waals surface area contributed by atoms with Gasteiger partial charge in [-0.2, -0.15) is 4.98 Å². The van der Waals surface area contributed by atoms with Gasteiger partial charge in [-0.3, -0.25) is 4.79 Å². The summed E-state index contributed by atoms with van der Waals surface area (Å²) in [6.07, 6.45) is 1.42. The van der Waals surface area contributed by atoms with Crippen LogP contribution in [-0.4, -0.2) is 41.0 Å². The van der Waals surface area contributed by atoms with Crippen molar-refractivity contribution in [1.29, 1.82) is 0 Å². The number of aryl methyl sites for hydroxylation is 1. The highest BCUT2D eigenvalue weighted by atomic mass is 16.5. The van der Waals surface area contributed by atoms with Gasteiger partial charge in [-0.15, -0.1) is 0 Å². The highest BCUT2D eigenvalue weighted by Gasteiger charge is 2.28. The lowest BCUT2D eigenvalue weighted by Gasteiger charge is -2.15. The number of rotatable bonds is 5. The first-order chi connectivity index (χ1) is 12.1. The van der Waals surface area contributed by atoms with Gasteiger partial charge in [0.15, 0.2) is 0 Å². The van der Waals surface area contributed by atoms with Crippen LogP contribution in [0.5, 0.6) is 17.4 Å². The van der Waals surface area contributed by atoms with Crippen molar-refractivity contribution in [3.8, 4) is 17.4 Å². The highest BCUT2D eigenvalue weighted by Crippen LogP contribution is 2.28. The van der Waals surface area contributed by atoms with E-state index in [9.17, 15) is 4.79 Å². The quantitative estimate of drug-likeness (QED) is 0.835. The van der Waals surface area contributed by atoms with Gasteiger partial charge in [0, 0.05) is 37.2 Å². The number of aromatic nitrogens is 2. The Hall–Kier alpha value is -2.63. The summed E-state index contributed by atoms with van der Waals surface area (Å²) < 4.78 is 11.0. The van der Waals surface area contributed by atoms with E-state index in [1.54, 1.807) is 7.11 Å². The molecule has 1 aliphatic rings. The van der Waals surface area contributed by atoms with Crippen LogP contribution in [0.1, 0.15) is 37.2 Å². The van der Waals surface area contributed by atoms with Crippen LogP contribution < -0.4 is 9.47 Å². The van der Waals surface area contributed by atoms with Gasteiger partial charge in [-0.1, -0.05) is 6.92 Å². The number of carbonyl (C=O) groups excluding carboxylic acids is 1. The lowest BCUT2D eigenvalue weighted by molar-refractivity contribution is -0.129. The molecule has 1 aromatic heterocycles. The third-order valence-corrected chi connectivity index (χ3v) is 4.34. The number of ether oxygens (including phenoxy) is 2. The minimum atomic E-state index is 0.161. The van der Waals surface area contributed by atoms with E-state index < -0.39 is 0 Å². The van der Waals surface area contributed by atoms with Crippen LogP contribution in [0.15, 0.2) is 30.3 Å². The molecule has 2 aromatic rings. The van der Waals surface area contributed by atoms with Crippen LogP contribution in [-0.2, 0) is 4.79 Å². The van der Waals surface area contributed by atoms with Crippen molar-refractivity contribution in [3.05, 3.63) is 41.9 Å². The Kier molecular flexibility index (Phi) is 5.16. The molecule has 6 nitrogen and oxygen atoms in total. The summed E-state index contributed by atoms with van der Waals surface area (Å²) in [4.78, 5) is 22.9. The van der Waals surface area contributed by atoms with Crippen LogP contribution in [0.4, 0.5) is 0 Å². The lowest BCUT2D eigenvalue weighted by atomic mass is 10.1. The number of nitrogens with zero attached hydrogens (tertiary/aromatic N) is 3. The van der Waals surface area contributed by atoms with Crippen molar-refractivity contribution >= 4 is 5.91 Å². The predicted octanol–water partition coefficient (Wildman–Crippen LogP) is 3.31. The predicted molar refractivity (Wildman–Crippen MR) is 94.1 cm³/mol. The summed E-state index contributed by atoms with van der Waals surface area (Å²) in [7, 11) is 1.63. The molecule has 0 aliphatic carbocycles. The molecule has 25 heavy (non-hydrogen) atoms. The van der Waals surface area contributed by atoms with Crippen molar-refractivity contribution < 1.29 is 14.3 Å². The summed E-state index contributed by atoms with van der Waals surface area (Å²) in [6.45, 7) is 5.26. The molecule has 1 amide bonds. The number of carbonyl (C=O) groups is 1. The summed E-state index contributed by atoms with van der Waals surface area (Å²) >= 11 is 0. The summed E-state index contributed by atoms with van der Waals surface area (Å²) in [5.41, 5.74) is 0.855. The second-order valence-corrected chi connectivity index (χ2v) is 6.16. The fourth-order valence-corrected chi connectivity index (χ4v) is 2.98. The van der Waals surface area contributed by atoms with Gasteiger partial charge in [0.2, 0.25) is 11.8 Å². The normalized spacial score (nSPS) is 16.8. The minimum absolute atomic E-state index is 0.161. The number of hydrogen-bond donors (Lipinski definition) is 0. The second kappa shape index (κ2) is 7.51. The van der Waals surface area contributed by atoms with Crippen molar-refractivity contribution in [1.82, 2.24) is 14.9 Å². The molecule has 1 fully saturated rings. The third kappa shape index (κ3) is 4.07. The number of amides is 1. The molecule has 2 heterocycles. The Morgan fingerprint density at radius 3 is 2.64 bits per heavy atom. The van der Waals surface area contributed by atoms with Crippen LogP contribution in [0.25, 0.3) is 0 Å². The average molecular weight is 341 g/mol. The van der Waals surface area contributed by atoms with Gasteiger partial charge in [-0.05, 0) is 37.6 Å². The molecular formula is C19H23N3O3. The van der Waals surface area contributed by atoms with E-state index in [1.165, 1.54) is 0 Å². The number of methoxy groups -OCH3 is 1. The van der Waals surface area contributed by atoms with E-state index in [0.717, 1.165) is 30.2 Å². The highest BCUT2D eigenvalue weighted by molar-refractivity contribution is 5.76. The van der Waals surface area contributed by atoms with Crippen molar-refractivity contribution in [2.24, 2.45) is 0 Å². The third-order valence-electron chi connectivity index (χ3n) is 4.34. The average Bonchev–Trinajstić information content (AvgIpc) is 3.11.